The highest BCUT2D eigenvalue weighted by atomic mass is 32.1. The molecule has 0 radical (unpaired) electrons. The standard InChI is InChI=1S/C32H35N3O2S/c1-2-26-19-27-29(38-26)20-28-30(36)35(21-23-13-7-5-8-14-23)32(22-34(27)28,24-15-9-6-10-16-24)31(37)33-25-17-11-3-4-12-18-25/h5-10,13-16,19-20,25H,2-4,11-12,17-18,21-22H2,1H3,(H,33,37)/t32-/m1/s1. The van der Waals surface area contributed by atoms with Crippen molar-refractivity contribution in [1.82, 2.24) is 14.8 Å². The Balaban J connectivity index is 1.52. The first kappa shape index (κ1) is 24.9. The van der Waals surface area contributed by atoms with E-state index in [0.29, 0.717) is 18.8 Å². The van der Waals surface area contributed by atoms with Gasteiger partial charge in [-0.15, -0.1) is 11.3 Å². The number of aromatic nitrogens is 1. The van der Waals surface area contributed by atoms with Gasteiger partial charge in [-0.3, -0.25) is 9.59 Å². The Morgan fingerprint density at radius 3 is 2.34 bits per heavy atom. The van der Waals surface area contributed by atoms with Crippen LogP contribution in [0.5, 0.6) is 0 Å². The van der Waals surface area contributed by atoms with E-state index in [4.69, 9.17) is 0 Å². The van der Waals surface area contributed by atoms with Gasteiger partial charge in [0.1, 0.15) is 5.69 Å². The van der Waals surface area contributed by atoms with Gasteiger partial charge in [0.05, 0.1) is 16.8 Å². The molecule has 196 valence electrons. The number of nitrogens with one attached hydrogen (secondary N) is 1. The molecule has 6 rings (SSSR count). The summed E-state index contributed by atoms with van der Waals surface area (Å²) in [4.78, 5) is 32.2. The molecule has 2 aromatic carbocycles. The molecule has 1 fully saturated rings. The smallest absolute Gasteiger partial charge is 0.272 e. The molecule has 4 aromatic rings. The molecule has 38 heavy (non-hydrogen) atoms. The van der Waals surface area contributed by atoms with Crippen LogP contribution >= 0.6 is 11.3 Å². The van der Waals surface area contributed by atoms with Crippen molar-refractivity contribution >= 4 is 33.4 Å². The van der Waals surface area contributed by atoms with E-state index in [1.807, 2.05) is 71.6 Å². The van der Waals surface area contributed by atoms with Gasteiger partial charge in [0.25, 0.3) is 11.8 Å². The second-order valence-corrected chi connectivity index (χ2v) is 11.9. The van der Waals surface area contributed by atoms with Crippen molar-refractivity contribution in [2.24, 2.45) is 0 Å². The molecule has 3 heterocycles. The molecule has 1 N–H and O–H groups in total. The molecule has 5 nitrogen and oxygen atoms in total. The van der Waals surface area contributed by atoms with Gasteiger partial charge in [-0.1, -0.05) is 93.3 Å². The van der Waals surface area contributed by atoms with Crippen LogP contribution in [0.3, 0.4) is 0 Å². The fourth-order valence-corrected chi connectivity index (χ4v) is 7.27. The van der Waals surface area contributed by atoms with E-state index in [1.165, 1.54) is 17.7 Å². The van der Waals surface area contributed by atoms with Crippen LogP contribution in [-0.4, -0.2) is 27.3 Å². The molecule has 6 heteroatoms. The molecular formula is C32H35N3O2S. The van der Waals surface area contributed by atoms with Crippen molar-refractivity contribution in [3.8, 4) is 0 Å². The number of carbonyl (C=O) groups excluding carboxylic acids is 2. The Bertz CT molecular complexity index is 1430. The van der Waals surface area contributed by atoms with Crippen LogP contribution in [0.15, 0.2) is 72.8 Å². The number of aryl methyl sites for hydroxylation is 1. The van der Waals surface area contributed by atoms with E-state index < -0.39 is 5.54 Å². The minimum atomic E-state index is -1.16. The average molecular weight is 526 g/mol. The van der Waals surface area contributed by atoms with Gasteiger partial charge in [-0.05, 0) is 42.5 Å². The molecule has 0 bridgehead atoms. The highest BCUT2D eigenvalue weighted by Crippen LogP contribution is 2.42. The van der Waals surface area contributed by atoms with Gasteiger partial charge in [0.15, 0.2) is 5.54 Å². The molecule has 1 saturated carbocycles. The number of amides is 2. The third-order valence-corrected chi connectivity index (χ3v) is 9.52. The SMILES string of the molecule is CCc1cc2c(cc3n2C[C@](C(=O)NC2CCCCCC2)(c2ccccc2)N(Cc2ccccc2)C3=O)s1. The lowest BCUT2D eigenvalue weighted by Crippen LogP contribution is -2.63. The van der Waals surface area contributed by atoms with E-state index in [-0.39, 0.29) is 17.9 Å². The number of hydrogen-bond acceptors (Lipinski definition) is 3. The van der Waals surface area contributed by atoms with Crippen LogP contribution in [0.25, 0.3) is 10.2 Å². The summed E-state index contributed by atoms with van der Waals surface area (Å²) in [6.45, 7) is 2.92. The van der Waals surface area contributed by atoms with E-state index in [2.05, 4.69) is 22.9 Å². The molecule has 1 aliphatic carbocycles. The number of nitrogens with zero attached hydrogens (tertiary/aromatic N) is 2. The largest absolute Gasteiger partial charge is 0.351 e. The summed E-state index contributed by atoms with van der Waals surface area (Å²) in [6.07, 6.45) is 7.64. The molecule has 2 aliphatic rings. The summed E-state index contributed by atoms with van der Waals surface area (Å²) in [7, 11) is 0. The third kappa shape index (κ3) is 4.35. The van der Waals surface area contributed by atoms with Gasteiger partial charge < -0.3 is 14.8 Å². The quantitative estimate of drug-likeness (QED) is 0.286. The van der Waals surface area contributed by atoms with Crippen LogP contribution in [0.2, 0.25) is 0 Å². The number of fused-ring (bicyclic) bond motifs is 3. The first-order valence-corrected chi connectivity index (χ1v) is 14.8. The molecule has 2 amide bonds. The fourth-order valence-electron chi connectivity index (χ4n) is 6.23. The average Bonchev–Trinajstić information content (AvgIpc) is 3.39. The maximum absolute atomic E-state index is 14.7. The summed E-state index contributed by atoms with van der Waals surface area (Å²) >= 11 is 1.74. The van der Waals surface area contributed by atoms with Crippen LogP contribution in [0, 0.1) is 0 Å². The molecule has 2 aromatic heterocycles. The summed E-state index contributed by atoms with van der Waals surface area (Å²) in [5.41, 5.74) is 2.43. The Morgan fingerprint density at radius 1 is 0.974 bits per heavy atom. The molecule has 0 saturated heterocycles. The highest BCUT2D eigenvalue weighted by molar-refractivity contribution is 7.19. The van der Waals surface area contributed by atoms with E-state index >= 15 is 0 Å². The Kier molecular flexibility index (Phi) is 6.83. The molecule has 0 unspecified atom stereocenters. The van der Waals surface area contributed by atoms with E-state index in [0.717, 1.165) is 53.4 Å². The summed E-state index contributed by atoms with van der Waals surface area (Å²) in [6, 6.07) is 24.3. The lowest BCUT2D eigenvalue weighted by molar-refractivity contribution is -0.136. The van der Waals surface area contributed by atoms with Gasteiger partial charge in [0, 0.05) is 17.5 Å². The van der Waals surface area contributed by atoms with Crippen LogP contribution in [0.4, 0.5) is 0 Å². The number of thiophene rings is 1. The molecule has 1 aliphatic heterocycles. The Hall–Kier alpha value is -3.38. The monoisotopic (exact) mass is 525 g/mol. The van der Waals surface area contributed by atoms with Crippen molar-refractivity contribution in [3.05, 3.63) is 94.5 Å². The van der Waals surface area contributed by atoms with Crippen molar-refractivity contribution in [3.63, 3.8) is 0 Å². The minimum Gasteiger partial charge on any atom is -0.351 e. The maximum atomic E-state index is 14.7. The minimum absolute atomic E-state index is 0.0710. The van der Waals surface area contributed by atoms with Gasteiger partial charge in [-0.25, -0.2) is 0 Å². The van der Waals surface area contributed by atoms with Crippen LogP contribution in [0.1, 0.15) is 71.9 Å². The van der Waals surface area contributed by atoms with Crippen molar-refractivity contribution < 1.29 is 9.59 Å². The van der Waals surface area contributed by atoms with Gasteiger partial charge >= 0.3 is 0 Å². The predicted molar refractivity (Wildman–Crippen MR) is 153 cm³/mol. The zero-order valence-electron chi connectivity index (χ0n) is 22.0. The van der Waals surface area contributed by atoms with Crippen molar-refractivity contribution in [1.29, 1.82) is 0 Å². The first-order valence-electron chi connectivity index (χ1n) is 13.9. The Labute approximate surface area is 228 Å². The summed E-state index contributed by atoms with van der Waals surface area (Å²) in [5.74, 6) is -0.167. The molecule has 1 atom stereocenters. The maximum Gasteiger partial charge on any atom is 0.272 e. The number of benzene rings is 2. The fraction of sp³-hybridized carbons (Fsp3) is 0.375. The molecular weight excluding hydrogens is 490 g/mol. The number of rotatable bonds is 6. The zero-order chi connectivity index (χ0) is 26.1. The summed E-state index contributed by atoms with van der Waals surface area (Å²) in [5, 5.41) is 3.45. The van der Waals surface area contributed by atoms with Gasteiger partial charge in [0.2, 0.25) is 0 Å². The lowest BCUT2D eigenvalue weighted by Gasteiger charge is -2.47. The zero-order valence-corrected chi connectivity index (χ0v) is 22.8. The normalized spacial score (nSPS) is 20.3. The first-order chi connectivity index (χ1) is 18.6. The highest BCUT2D eigenvalue weighted by Gasteiger charge is 2.53. The topological polar surface area (TPSA) is 54.3 Å². The second-order valence-electron chi connectivity index (χ2n) is 10.7. The molecule has 0 spiro atoms. The van der Waals surface area contributed by atoms with Gasteiger partial charge in [-0.2, -0.15) is 0 Å². The van der Waals surface area contributed by atoms with Crippen molar-refractivity contribution in [2.45, 2.75) is 76.5 Å². The third-order valence-electron chi connectivity index (χ3n) is 8.30. The van der Waals surface area contributed by atoms with E-state index in [9.17, 15) is 9.59 Å². The number of hydrogen-bond donors (Lipinski definition) is 1. The summed E-state index contributed by atoms with van der Waals surface area (Å²) < 4.78 is 3.21. The van der Waals surface area contributed by atoms with Crippen molar-refractivity contribution in [2.75, 3.05) is 0 Å². The van der Waals surface area contributed by atoms with Crippen LogP contribution < -0.4 is 5.32 Å². The number of carbonyl (C=O) groups is 2. The van der Waals surface area contributed by atoms with E-state index in [1.54, 1.807) is 11.3 Å². The predicted octanol–water partition coefficient (Wildman–Crippen LogP) is 6.66. The lowest BCUT2D eigenvalue weighted by atomic mass is 9.83. The van der Waals surface area contributed by atoms with Crippen LogP contribution in [-0.2, 0) is 29.8 Å². The second kappa shape index (κ2) is 10.4. The Morgan fingerprint density at radius 2 is 1.66 bits per heavy atom.